The Morgan fingerprint density at radius 1 is 1.47 bits per heavy atom. The third-order valence-corrected chi connectivity index (χ3v) is 3.00. The normalized spacial score (nSPS) is 10.4. The lowest BCUT2D eigenvalue weighted by Crippen LogP contribution is -2.14. The molecule has 1 amide bonds. The Hall–Kier alpha value is -2.57. The zero-order chi connectivity index (χ0) is 14.0. The van der Waals surface area contributed by atoms with Gasteiger partial charge in [-0.05, 0) is 13.0 Å². The van der Waals surface area contributed by atoms with Gasteiger partial charge in [0.25, 0.3) is 5.91 Å². The van der Waals surface area contributed by atoms with Crippen LogP contribution >= 0.6 is 0 Å². The van der Waals surface area contributed by atoms with E-state index in [0.29, 0.717) is 12.4 Å². The minimum atomic E-state index is -0.569. The fraction of sp³-hybridized carbons (Fsp3) is 0.250. The van der Waals surface area contributed by atoms with Crippen LogP contribution in [0.2, 0.25) is 0 Å². The van der Waals surface area contributed by atoms with Crippen LogP contribution in [-0.2, 0) is 13.6 Å². The number of hydrogen-bond donors (Lipinski definition) is 3. The van der Waals surface area contributed by atoms with Crippen molar-refractivity contribution in [2.24, 2.45) is 12.8 Å². The van der Waals surface area contributed by atoms with Crippen molar-refractivity contribution in [2.75, 3.05) is 11.1 Å². The molecule has 5 N–H and O–H groups in total. The average Bonchev–Trinajstić information content (AvgIpc) is 2.69. The second-order valence-electron chi connectivity index (χ2n) is 4.25. The van der Waals surface area contributed by atoms with E-state index in [0.717, 1.165) is 11.3 Å². The number of hydrogen-bond acceptors (Lipinski definition) is 5. The lowest BCUT2D eigenvalue weighted by Gasteiger charge is -2.07. The second-order valence-corrected chi connectivity index (χ2v) is 4.25. The number of carbonyl (C=O) groups is 1. The first kappa shape index (κ1) is 12.9. The third kappa shape index (κ3) is 2.65. The van der Waals surface area contributed by atoms with E-state index in [2.05, 4.69) is 15.4 Å². The summed E-state index contributed by atoms with van der Waals surface area (Å²) in [5.74, 6) is -0.0215. The fourth-order valence-corrected chi connectivity index (χ4v) is 1.68. The lowest BCUT2D eigenvalue weighted by atomic mass is 10.2. The average molecular weight is 260 g/mol. The summed E-state index contributed by atoms with van der Waals surface area (Å²) in [5.41, 5.74) is 13.5. The summed E-state index contributed by atoms with van der Waals surface area (Å²) in [6.07, 6.45) is 3.20. The van der Waals surface area contributed by atoms with E-state index in [1.807, 2.05) is 14.0 Å². The summed E-state index contributed by atoms with van der Waals surface area (Å²) in [5, 5.41) is 7.26. The van der Waals surface area contributed by atoms with Gasteiger partial charge in [-0.15, -0.1) is 0 Å². The molecule has 0 unspecified atom stereocenters. The van der Waals surface area contributed by atoms with Gasteiger partial charge < -0.3 is 16.8 Å². The molecule has 0 fully saturated rings. The summed E-state index contributed by atoms with van der Waals surface area (Å²) in [6, 6.07) is 1.55. The monoisotopic (exact) mass is 260 g/mol. The Bertz CT molecular complexity index is 619. The summed E-state index contributed by atoms with van der Waals surface area (Å²) < 4.78 is 1.79. The quantitative estimate of drug-likeness (QED) is 0.737. The second kappa shape index (κ2) is 4.97. The third-order valence-electron chi connectivity index (χ3n) is 3.00. The van der Waals surface area contributed by atoms with Crippen molar-refractivity contribution in [3.63, 3.8) is 0 Å². The molecule has 0 spiro atoms. The number of nitrogens with two attached hydrogens (primary N) is 2. The molecule has 0 saturated heterocycles. The van der Waals surface area contributed by atoms with E-state index >= 15 is 0 Å². The maximum Gasteiger partial charge on any atom is 0.250 e. The summed E-state index contributed by atoms with van der Waals surface area (Å²) >= 11 is 0. The van der Waals surface area contributed by atoms with Crippen LogP contribution < -0.4 is 16.8 Å². The van der Waals surface area contributed by atoms with Crippen molar-refractivity contribution in [2.45, 2.75) is 13.5 Å². The van der Waals surface area contributed by atoms with Gasteiger partial charge in [-0.1, -0.05) is 0 Å². The van der Waals surface area contributed by atoms with Gasteiger partial charge in [-0.3, -0.25) is 9.48 Å². The molecule has 0 radical (unpaired) electrons. The molecule has 0 saturated carbocycles. The number of nitrogens with one attached hydrogen (secondary N) is 1. The van der Waals surface area contributed by atoms with E-state index in [1.54, 1.807) is 16.9 Å². The first-order valence-corrected chi connectivity index (χ1v) is 5.75. The predicted molar refractivity (Wildman–Crippen MR) is 72.4 cm³/mol. The number of nitrogen functional groups attached to an aromatic ring is 1. The van der Waals surface area contributed by atoms with Gasteiger partial charge in [0.1, 0.15) is 5.82 Å². The molecule has 0 aliphatic heterocycles. The molecule has 0 bridgehead atoms. The number of nitrogens with zero attached hydrogens (tertiary/aromatic N) is 3. The number of rotatable bonds is 4. The summed E-state index contributed by atoms with van der Waals surface area (Å²) in [6.45, 7) is 2.55. The van der Waals surface area contributed by atoms with Crippen molar-refractivity contribution in [1.29, 1.82) is 0 Å². The Labute approximate surface area is 110 Å². The van der Waals surface area contributed by atoms with Crippen molar-refractivity contribution in [1.82, 2.24) is 14.8 Å². The molecule has 7 nitrogen and oxygen atoms in total. The molecule has 7 heteroatoms. The van der Waals surface area contributed by atoms with Gasteiger partial charge in [-0.2, -0.15) is 5.10 Å². The Balaban J connectivity index is 2.14. The largest absolute Gasteiger partial charge is 0.397 e. The highest BCUT2D eigenvalue weighted by atomic mass is 16.1. The molecule has 0 aliphatic rings. The van der Waals surface area contributed by atoms with Crippen LogP contribution in [0.15, 0.2) is 18.5 Å². The van der Waals surface area contributed by atoms with Crippen LogP contribution in [0, 0.1) is 6.92 Å². The number of aryl methyl sites for hydroxylation is 1. The van der Waals surface area contributed by atoms with Crippen molar-refractivity contribution in [3.8, 4) is 0 Å². The smallest absolute Gasteiger partial charge is 0.250 e. The SMILES string of the molecule is Cc1c(CNc2cc(C(N)=O)c(N)cn2)cnn1C. The standard InChI is InChI=1S/C12H16N6O/c1-7-8(5-17-18(7)2)4-15-11-3-9(12(14)19)10(13)6-16-11/h3,5-6H,4,13H2,1-2H3,(H2,14,19)(H,15,16). The van der Waals surface area contributed by atoms with Gasteiger partial charge in [0.2, 0.25) is 0 Å². The highest BCUT2D eigenvalue weighted by Crippen LogP contribution is 2.15. The minimum Gasteiger partial charge on any atom is -0.397 e. The van der Waals surface area contributed by atoms with Crippen LogP contribution in [0.5, 0.6) is 0 Å². The van der Waals surface area contributed by atoms with E-state index < -0.39 is 5.91 Å². The summed E-state index contributed by atoms with van der Waals surface area (Å²) in [7, 11) is 1.88. The highest BCUT2D eigenvalue weighted by Gasteiger charge is 2.08. The van der Waals surface area contributed by atoms with Gasteiger partial charge in [-0.25, -0.2) is 4.98 Å². The van der Waals surface area contributed by atoms with Crippen molar-refractivity contribution < 1.29 is 4.79 Å². The van der Waals surface area contributed by atoms with E-state index in [-0.39, 0.29) is 11.3 Å². The number of amides is 1. The highest BCUT2D eigenvalue weighted by molar-refractivity contribution is 5.98. The lowest BCUT2D eigenvalue weighted by molar-refractivity contribution is 0.100. The zero-order valence-electron chi connectivity index (χ0n) is 10.8. The van der Waals surface area contributed by atoms with Crippen molar-refractivity contribution in [3.05, 3.63) is 35.3 Å². The van der Waals surface area contributed by atoms with E-state index in [4.69, 9.17) is 11.5 Å². The molecule has 2 rings (SSSR count). The molecule has 19 heavy (non-hydrogen) atoms. The molecular formula is C12H16N6O. The first-order valence-electron chi connectivity index (χ1n) is 5.75. The Kier molecular flexibility index (Phi) is 3.37. The van der Waals surface area contributed by atoms with Gasteiger partial charge in [0.05, 0.1) is 23.6 Å². The maximum atomic E-state index is 11.2. The van der Waals surface area contributed by atoms with Gasteiger partial charge in [0, 0.05) is 24.8 Å². The van der Waals surface area contributed by atoms with Crippen molar-refractivity contribution >= 4 is 17.4 Å². The molecule has 0 atom stereocenters. The van der Waals surface area contributed by atoms with Crippen LogP contribution in [-0.4, -0.2) is 20.7 Å². The molecule has 100 valence electrons. The predicted octanol–water partition coefficient (Wildman–Crippen LogP) is 0.417. The van der Waals surface area contributed by atoms with Gasteiger partial charge in [0.15, 0.2) is 0 Å². The van der Waals surface area contributed by atoms with Gasteiger partial charge >= 0.3 is 0 Å². The first-order chi connectivity index (χ1) is 8.99. The zero-order valence-corrected chi connectivity index (χ0v) is 10.8. The Morgan fingerprint density at radius 2 is 2.21 bits per heavy atom. The number of anilines is 2. The number of primary amides is 1. The molecule has 0 aliphatic carbocycles. The van der Waals surface area contributed by atoms with Crippen LogP contribution in [0.4, 0.5) is 11.5 Å². The molecule has 2 heterocycles. The van der Waals surface area contributed by atoms with E-state index in [1.165, 1.54) is 6.20 Å². The van der Waals surface area contributed by atoms with Crippen LogP contribution in [0.3, 0.4) is 0 Å². The molecular weight excluding hydrogens is 244 g/mol. The van der Waals surface area contributed by atoms with E-state index in [9.17, 15) is 4.79 Å². The Morgan fingerprint density at radius 3 is 2.79 bits per heavy atom. The van der Waals surface area contributed by atoms with Crippen LogP contribution in [0.25, 0.3) is 0 Å². The summed E-state index contributed by atoms with van der Waals surface area (Å²) in [4.78, 5) is 15.3. The number of aromatic nitrogens is 3. The number of pyridine rings is 1. The maximum absolute atomic E-state index is 11.2. The molecule has 0 aromatic carbocycles. The van der Waals surface area contributed by atoms with Crippen LogP contribution in [0.1, 0.15) is 21.6 Å². The molecule has 2 aromatic heterocycles. The minimum absolute atomic E-state index is 0.264. The topological polar surface area (TPSA) is 112 Å². The fourth-order valence-electron chi connectivity index (χ4n) is 1.68. The molecule has 2 aromatic rings. The number of carbonyl (C=O) groups excluding carboxylic acids is 1.